The van der Waals surface area contributed by atoms with E-state index in [0.29, 0.717) is 38.9 Å². The van der Waals surface area contributed by atoms with E-state index in [-0.39, 0.29) is 12.5 Å². The van der Waals surface area contributed by atoms with Gasteiger partial charge in [-0.05, 0) is 31.5 Å². The van der Waals surface area contributed by atoms with E-state index < -0.39 is 11.7 Å². The zero-order chi connectivity index (χ0) is 21.6. The summed E-state index contributed by atoms with van der Waals surface area (Å²) in [5.74, 6) is 0.818. The molecule has 1 heterocycles. The zero-order valence-electron chi connectivity index (χ0n) is 17.8. The van der Waals surface area contributed by atoms with Crippen molar-refractivity contribution < 1.29 is 19.7 Å². The third-order valence-corrected chi connectivity index (χ3v) is 5.83. The van der Waals surface area contributed by atoms with Gasteiger partial charge in [-0.3, -0.25) is 9.69 Å². The third-order valence-electron chi connectivity index (χ3n) is 5.83. The van der Waals surface area contributed by atoms with Crippen LogP contribution in [0.25, 0.3) is 0 Å². The molecule has 1 aliphatic rings. The van der Waals surface area contributed by atoms with Crippen molar-refractivity contribution >= 4 is 5.91 Å². The van der Waals surface area contributed by atoms with E-state index >= 15 is 0 Å². The molecule has 0 spiro atoms. The minimum atomic E-state index is -1.24. The van der Waals surface area contributed by atoms with Gasteiger partial charge in [-0.1, -0.05) is 48.5 Å². The number of para-hydroxylation sites is 1. The fourth-order valence-corrected chi connectivity index (χ4v) is 4.08. The minimum Gasteiger partial charge on any atom is -0.496 e. The lowest BCUT2D eigenvalue weighted by molar-refractivity contribution is -0.153. The smallest absolute Gasteiger partial charge is 0.222 e. The van der Waals surface area contributed by atoms with Crippen molar-refractivity contribution in [2.24, 2.45) is 0 Å². The first-order chi connectivity index (χ1) is 14.4. The lowest BCUT2D eigenvalue weighted by Crippen LogP contribution is -2.60. The Kier molecular flexibility index (Phi) is 7.48. The average molecular weight is 413 g/mol. The highest BCUT2D eigenvalue weighted by molar-refractivity contribution is 5.76. The molecule has 2 N–H and O–H groups in total. The number of hydrogen-bond acceptors (Lipinski definition) is 5. The number of amides is 1. The highest BCUT2D eigenvalue weighted by Gasteiger charge is 2.42. The van der Waals surface area contributed by atoms with Gasteiger partial charge in [-0.25, -0.2) is 0 Å². The normalized spacial score (nSPS) is 21.6. The molecule has 0 bridgehead atoms. The molecule has 1 saturated heterocycles. The Hall–Kier alpha value is -2.41. The Morgan fingerprint density at radius 3 is 2.60 bits per heavy atom. The van der Waals surface area contributed by atoms with Crippen LogP contribution in [-0.2, 0) is 17.8 Å². The average Bonchev–Trinajstić information content (AvgIpc) is 2.75. The number of methoxy groups -OCH3 is 1. The number of nitrogens with zero attached hydrogens (tertiary/aromatic N) is 2. The minimum absolute atomic E-state index is 0.0160. The van der Waals surface area contributed by atoms with Crippen LogP contribution in [0, 0.1) is 0 Å². The zero-order valence-corrected chi connectivity index (χ0v) is 17.8. The number of rotatable bonds is 8. The van der Waals surface area contributed by atoms with Gasteiger partial charge in [0.05, 0.1) is 7.11 Å². The lowest BCUT2D eigenvalue weighted by atomic mass is 9.87. The molecule has 2 aromatic carbocycles. The van der Waals surface area contributed by atoms with Gasteiger partial charge in [0, 0.05) is 38.2 Å². The number of hydrogen-bond donors (Lipinski definition) is 2. The number of β-amino-alcohol motifs (C(OH)–C–C–N with tert-alkyl or cyclic N) is 1. The molecule has 0 saturated carbocycles. The van der Waals surface area contributed by atoms with E-state index in [1.165, 1.54) is 0 Å². The number of aryl methyl sites for hydroxylation is 1. The maximum atomic E-state index is 12.6. The quantitative estimate of drug-likeness (QED) is 0.695. The first-order valence-corrected chi connectivity index (χ1v) is 10.4. The fourth-order valence-electron chi connectivity index (χ4n) is 4.08. The highest BCUT2D eigenvalue weighted by atomic mass is 16.5. The summed E-state index contributed by atoms with van der Waals surface area (Å²) in [5, 5.41) is 21.7. The number of likely N-dealkylation sites (tertiary alicyclic amines) is 1. The van der Waals surface area contributed by atoms with Crippen LogP contribution in [0.1, 0.15) is 24.0 Å². The topological polar surface area (TPSA) is 73.2 Å². The lowest BCUT2D eigenvalue weighted by Gasteiger charge is -2.43. The molecule has 0 aliphatic carbocycles. The molecule has 0 radical (unpaired) electrons. The maximum Gasteiger partial charge on any atom is 0.222 e. The largest absolute Gasteiger partial charge is 0.496 e. The molecule has 162 valence electrons. The van der Waals surface area contributed by atoms with Crippen molar-refractivity contribution in [3.63, 3.8) is 0 Å². The molecule has 2 aromatic rings. The monoisotopic (exact) mass is 412 g/mol. The number of carbonyl (C=O) groups excluding carboxylic acids is 1. The molecule has 30 heavy (non-hydrogen) atoms. The molecule has 1 aliphatic heterocycles. The summed E-state index contributed by atoms with van der Waals surface area (Å²) < 4.78 is 5.40. The summed E-state index contributed by atoms with van der Waals surface area (Å²) in [6, 6.07) is 17.7. The summed E-state index contributed by atoms with van der Waals surface area (Å²) in [6.07, 6.45) is 0.454. The number of carbonyl (C=O) groups is 1. The molecular formula is C24H32N2O4. The predicted molar refractivity (Wildman–Crippen MR) is 116 cm³/mol. The van der Waals surface area contributed by atoms with Crippen LogP contribution < -0.4 is 4.74 Å². The van der Waals surface area contributed by atoms with Crippen LogP contribution in [-0.4, -0.2) is 71.4 Å². The molecule has 6 heteroatoms. The van der Waals surface area contributed by atoms with E-state index in [1.807, 2.05) is 66.5 Å². The molecule has 0 aromatic heterocycles. The molecule has 0 unspecified atom stereocenters. The standard InChI is InChI=1S/C24H32N2O4/c1-25(16-20-10-6-7-11-21(20)30-2)18-24(29)14-15-26(17-22(24)27)23(28)13-12-19-8-4-3-5-9-19/h3-11,22,27,29H,12-18H2,1-2H3/t22-,24-/m0/s1. The van der Waals surface area contributed by atoms with E-state index in [4.69, 9.17) is 4.74 Å². The fraction of sp³-hybridized carbons (Fsp3) is 0.458. The second-order valence-electron chi connectivity index (χ2n) is 8.18. The van der Waals surface area contributed by atoms with E-state index in [1.54, 1.807) is 12.0 Å². The molecule has 2 atom stereocenters. The van der Waals surface area contributed by atoms with Crippen LogP contribution in [0.3, 0.4) is 0 Å². The van der Waals surface area contributed by atoms with Crippen molar-refractivity contribution in [3.05, 3.63) is 65.7 Å². The Labute approximate surface area is 178 Å². The van der Waals surface area contributed by atoms with Gasteiger partial charge in [0.1, 0.15) is 17.5 Å². The number of aliphatic hydroxyl groups excluding tert-OH is 1. The SMILES string of the molecule is COc1ccccc1CN(C)C[C@@]1(O)CCN(C(=O)CCc2ccccc2)C[C@@H]1O. The van der Waals surface area contributed by atoms with Crippen LogP contribution in [0.15, 0.2) is 54.6 Å². The van der Waals surface area contributed by atoms with Crippen molar-refractivity contribution in [2.45, 2.75) is 37.5 Å². The first kappa shape index (κ1) is 22.3. The van der Waals surface area contributed by atoms with E-state index in [9.17, 15) is 15.0 Å². The second-order valence-corrected chi connectivity index (χ2v) is 8.18. The van der Waals surface area contributed by atoms with Crippen LogP contribution in [0.4, 0.5) is 0 Å². The van der Waals surface area contributed by atoms with E-state index in [0.717, 1.165) is 16.9 Å². The van der Waals surface area contributed by atoms with Crippen LogP contribution >= 0.6 is 0 Å². The Morgan fingerprint density at radius 2 is 1.90 bits per heavy atom. The summed E-state index contributed by atoms with van der Waals surface area (Å²) in [5.41, 5.74) is 0.902. The Morgan fingerprint density at radius 1 is 1.20 bits per heavy atom. The van der Waals surface area contributed by atoms with Gasteiger partial charge in [0.2, 0.25) is 5.91 Å². The van der Waals surface area contributed by atoms with Crippen LogP contribution in [0.5, 0.6) is 5.75 Å². The molecule has 6 nitrogen and oxygen atoms in total. The van der Waals surface area contributed by atoms with Crippen LogP contribution in [0.2, 0.25) is 0 Å². The summed E-state index contributed by atoms with van der Waals surface area (Å²) in [6.45, 7) is 1.52. The van der Waals surface area contributed by atoms with Crippen molar-refractivity contribution in [1.82, 2.24) is 9.80 Å². The van der Waals surface area contributed by atoms with E-state index in [2.05, 4.69) is 0 Å². The van der Waals surface area contributed by atoms with Gasteiger partial charge in [-0.2, -0.15) is 0 Å². The number of ether oxygens (including phenoxy) is 1. The number of piperidine rings is 1. The summed E-state index contributed by atoms with van der Waals surface area (Å²) in [4.78, 5) is 16.2. The predicted octanol–water partition coefficient (Wildman–Crippen LogP) is 2.08. The first-order valence-electron chi connectivity index (χ1n) is 10.4. The molecule has 1 fully saturated rings. The summed E-state index contributed by atoms with van der Waals surface area (Å²) in [7, 11) is 3.55. The maximum absolute atomic E-state index is 12.6. The van der Waals surface area contributed by atoms with Gasteiger partial charge in [0.15, 0.2) is 0 Å². The number of aliphatic hydroxyl groups is 2. The van der Waals surface area contributed by atoms with Gasteiger partial charge < -0.3 is 19.8 Å². The number of benzene rings is 2. The number of likely N-dealkylation sites (N-methyl/N-ethyl adjacent to an activating group) is 1. The summed E-state index contributed by atoms with van der Waals surface area (Å²) >= 11 is 0. The second kappa shape index (κ2) is 10.1. The molecular weight excluding hydrogens is 380 g/mol. The van der Waals surface area contributed by atoms with Crippen molar-refractivity contribution in [3.8, 4) is 5.75 Å². The highest BCUT2D eigenvalue weighted by Crippen LogP contribution is 2.26. The Balaban J connectivity index is 1.52. The van der Waals surface area contributed by atoms with Crippen molar-refractivity contribution in [2.75, 3.05) is 33.8 Å². The molecule has 3 rings (SSSR count). The van der Waals surface area contributed by atoms with Gasteiger partial charge >= 0.3 is 0 Å². The Bertz CT molecular complexity index is 829. The van der Waals surface area contributed by atoms with Crippen molar-refractivity contribution in [1.29, 1.82) is 0 Å². The third kappa shape index (κ3) is 5.59. The van der Waals surface area contributed by atoms with Gasteiger partial charge in [-0.15, -0.1) is 0 Å². The molecule has 1 amide bonds. The van der Waals surface area contributed by atoms with Gasteiger partial charge in [0.25, 0.3) is 0 Å².